The molecule has 0 fully saturated rings. The number of nitrogens with zero attached hydrogens (tertiary/aromatic N) is 1. The Morgan fingerprint density at radius 1 is 1.12 bits per heavy atom. The summed E-state index contributed by atoms with van der Waals surface area (Å²) in [5.74, 6) is -1.47. The van der Waals surface area contributed by atoms with Gasteiger partial charge in [0.2, 0.25) is 5.91 Å². The predicted octanol–water partition coefficient (Wildman–Crippen LogP) is 3.54. The Kier molecular flexibility index (Phi) is 5.64. The molecule has 0 bridgehead atoms. The SMILES string of the molecule is O=C(CSc1nc(C(F)(F)F)cc(=O)[nH]1)Nc1ccccc1C(F)(F)F. The third-order valence-corrected chi connectivity index (χ3v) is 3.73. The molecule has 0 aliphatic rings. The fraction of sp³-hybridized carbons (Fsp3) is 0.214. The summed E-state index contributed by atoms with van der Waals surface area (Å²) in [6.45, 7) is 0. The highest BCUT2D eigenvalue weighted by atomic mass is 32.2. The standard InChI is InChI=1S/C14H9F6N3O2S/c15-13(16,17)7-3-1-2-4-8(7)21-11(25)6-26-12-22-9(14(18,19)20)5-10(24)23-12/h1-5H,6H2,(H,21,25)(H,22,23,24). The van der Waals surface area contributed by atoms with Gasteiger partial charge >= 0.3 is 12.4 Å². The zero-order valence-electron chi connectivity index (χ0n) is 12.5. The summed E-state index contributed by atoms with van der Waals surface area (Å²) < 4.78 is 76.3. The van der Waals surface area contributed by atoms with E-state index in [1.54, 1.807) is 0 Å². The second-order valence-electron chi connectivity index (χ2n) is 4.81. The number of nitrogens with one attached hydrogen (secondary N) is 2. The lowest BCUT2D eigenvalue weighted by Crippen LogP contribution is -2.20. The average Bonchev–Trinajstić information content (AvgIpc) is 2.51. The molecular weight excluding hydrogens is 388 g/mol. The molecule has 1 aromatic heterocycles. The number of benzene rings is 1. The van der Waals surface area contributed by atoms with Crippen LogP contribution in [-0.4, -0.2) is 21.6 Å². The Balaban J connectivity index is 2.09. The number of aromatic amines is 1. The lowest BCUT2D eigenvalue weighted by atomic mass is 10.1. The second-order valence-corrected chi connectivity index (χ2v) is 5.78. The van der Waals surface area contributed by atoms with E-state index in [0.29, 0.717) is 11.8 Å². The molecule has 1 heterocycles. The number of hydrogen-bond donors (Lipinski definition) is 2. The molecule has 2 N–H and O–H groups in total. The normalized spacial score (nSPS) is 12.1. The first-order valence-corrected chi connectivity index (χ1v) is 7.73. The summed E-state index contributed by atoms with van der Waals surface area (Å²) in [4.78, 5) is 28.2. The first-order valence-electron chi connectivity index (χ1n) is 6.74. The third kappa shape index (κ3) is 5.25. The van der Waals surface area contributed by atoms with Crippen molar-refractivity contribution < 1.29 is 31.1 Å². The van der Waals surface area contributed by atoms with E-state index in [2.05, 4.69) is 4.98 Å². The van der Waals surface area contributed by atoms with Gasteiger partial charge in [-0.3, -0.25) is 9.59 Å². The van der Waals surface area contributed by atoms with Gasteiger partial charge in [-0.1, -0.05) is 23.9 Å². The molecule has 0 atom stereocenters. The number of rotatable bonds is 4. The van der Waals surface area contributed by atoms with Crippen LogP contribution in [0.2, 0.25) is 0 Å². The monoisotopic (exact) mass is 397 g/mol. The van der Waals surface area contributed by atoms with E-state index in [4.69, 9.17) is 0 Å². The number of amides is 1. The molecule has 12 heteroatoms. The fourth-order valence-electron chi connectivity index (χ4n) is 1.81. The summed E-state index contributed by atoms with van der Waals surface area (Å²) in [5, 5.41) is 1.54. The first kappa shape index (κ1) is 19.8. The van der Waals surface area contributed by atoms with Crippen LogP contribution in [0.15, 0.2) is 40.3 Å². The van der Waals surface area contributed by atoms with Gasteiger partial charge in [-0.25, -0.2) is 4.98 Å². The molecule has 2 rings (SSSR count). The number of halogens is 6. The topological polar surface area (TPSA) is 74.8 Å². The van der Waals surface area contributed by atoms with Crippen LogP contribution >= 0.6 is 11.8 Å². The van der Waals surface area contributed by atoms with Gasteiger partial charge in [0.1, 0.15) is 0 Å². The molecule has 26 heavy (non-hydrogen) atoms. The Morgan fingerprint density at radius 2 is 1.77 bits per heavy atom. The maximum atomic E-state index is 12.8. The van der Waals surface area contributed by atoms with Gasteiger partial charge < -0.3 is 10.3 Å². The quantitative estimate of drug-likeness (QED) is 0.470. The lowest BCUT2D eigenvalue weighted by molar-refractivity contribution is -0.141. The molecule has 2 aromatic rings. The number of carbonyl (C=O) groups excluding carboxylic acids is 1. The molecule has 0 saturated carbocycles. The van der Waals surface area contributed by atoms with Gasteiger partial charge in [-0.05, 0) is 12.1 Å². The van der Waals surface area contributed by atoms with Crippen LogP contribution in [0.1, 0.15) is 11.3 Å². The van der Waals surface area contributed by atoms with Gasteiger partial charge in [-0.15, -0.1) is 0 Å². The van der Waals surface area contributed by atoms with Crippen molar-refractivity contribution in [3.8, 4) is 0 Å². The van der Waals surface area contributed by atoms with E-state index in [1.165, 1.54) is 6.07 Å². The van der Waals surface area contributed by atoms with Crippen LogP contribution < -0.4 is 10.9 Å². The van der Waals surface area contributed by atoms with Crippen LogP contribution in [0.25, 0.3) is 0 Å². The number of hydrogen-bond acceptors (Lipinski definition) is 4. The summed E-state index contributed by atoms with van der Waals surface area (Å²) in [5.41, 5.74) is -4.07. The molecule has 0 unspecified atom stereocenters. The van der Waals surface area contributed by atoms with Gasteiger partial charge in [0.25, 0.3) is 5.56 Å². The van der Waals surface area contributed by atoms with Crippen molar-refractivity contribution in [3.05, 3.63) is 51.9 Å². The van der Waals surface area contributed by atoms with Crippen molar-refractivity contribution in [2.24, 2.45) is 0 Å². The van der Waals surface area contributed by atoms with Gasteiger partial charge in [0.05, 0.1) is 17.0 Å². The molecule has 0 radical (unpaired) electrons. The molecule has 0 aliphatic carbocycles. The number of aromatic nitrogens is 2. The maximum absolute atomic E-state index is 12.8. The zero-order chi connectivity index (χ0) is 19.5. The fourth-order valence-corrected chi connectivity index (χ4v) is 2.48. The number of alkyl halides is 6. The highest BCUT2D eigenvalue weighted by molar-refractivity contribution is 7.99. The zero-order valence-corrected chi connectivity index (χ0v) is 13.4. The Hall–Kier alpha value is -2.50. The van der Waals surface area contributed by atoms with Crippen LogP contribution in [0.5, 0.6) is 0 Å². The molecule has 5 nitrogen and oxygen atoms in total. The smallest absolute Gasteiger partial charge is 0.325 e. The summed E-state index contributed by atoms with van der Waals surface area (Å²) in [7, 11) is 0. The number of anilines is 1. The van der Waals surface area contributed by atoms with Crippen molar-refractivity contribution in [1.82, 2.24) is 9.97 Å². The second kappa shape index (κ2) is 7.40. The van der Waals surface area contributed by atoms with E-state index in [0.717, 1.165) is 18.2 Å². The van der Waals surface area contributed by atoms with Crippen LogP contribution in [0.3, 0.4) is 0 Å². The lowest BCUT2D eigenvalue weighted by Gasteiger charge is -2.13. The molecule has 140 valence electrons. The van der Waals surface area contributed by atoms with E-state index in [9.17, 15) is 35.9 Å². The molecule has 1 amide bonds. The first-order chi connectivity index (χ1) is 12.0. The minimum atomic E-state index is -4.85. The van der Waals surface area contributed by atoms with Crippen molar-refractivity contribution in [1.29, 1.82) is 0 Å². The van der Waals surface area contributed by atoms with Crippen LogP contribution in [0.4, 0.5) is 32.0 Å². The number of carbonyl (C=O) groups is 1. The Bertz CT molecular complexity index is 863. The maximum Gasteiger partial charge on any atom is 0.433 e. The third-order valence-electron chi connectivity index (χ3n) is 2.86. The molecule has 0 aliphatic heterocycles. The largest absolute Gasteiger partial charge is 0.433 e. The van der Waals surface area contributed by atoms with Crippen LogP contribution in [0, 0.1) is 0 Å². The summed E-state index contributed by atoms with van der Waals surface area (Å²) in [6, 6.07) is 4.49. The highest BCUT2D eigenvalue weighted by Gasteiger charge is 2.34. The van der Waals surface area contributed by atoms with E-state index < -0.39 is 51.7 Å². The number of para-hydroxylation sites is 1. The summed E-state index contributed by atoms with van der Waals surface area (Å²) in [6.07, 6.45) is -9.54. The van der Waals surface area contributed by atoms with Crippen molar-refractivity contribution >= 4 is 23.4 Å². The predicted molar refractivity (Wildman–Crippen MR) is 80.7 cm³/mol. The Labute approximate surface area is 145 Å². The molecular formula is C14H9F6N3O2S. The number of thioether (sulfide) groups is 1. The minimum absolute atomic E-state index is 0.254. The van der Waals surface area contributed by atoms with Gasteiger partial charge in [0.15, 0.2) is 10.9 Å². The molecule has 1 aromatic carbocycles. The van der Waals surface area contributed by atoms with Gasteiger partial charge in [-0.2, -0.15) is 26.3 Å². The highest BCUT2D eigenvalue weighted by Crippen LogP contribution is 2.34. The van der Waals surface area contributed by atoms with Crippen molar-refractivity contribution in [2.45, 2.75) is 17.5 Å². The minimum Gasteiger partial charge on any atom is -0.325 e. The van der Waals surface area contributed by atoms with Crippen molar-refractivity contribution in [3.63, 3.8) is 0 Å². The summed E-state index contributed by atoms with van der Waals surface area (Å²) >= 11 is 0.446. The van der Waals surface area contributed by atoms with E-state index in [-0.39, 0.29) is 6.07 Å². The van der Waals surface area contributed by atoms with E-state index >= 15 is 0 Å². The Morgan fingerprint density at radius 3 is 2.38 bits per heavy atom. The van der Waals surface area contributed by atoms with Crippen molar-refractivity contribution in [2.75, 3.05) is 11.1 Å². The average molecular weight is 397 g/mol. The number of H-pyrrole nitrogens is 1. The van der Waals surface area contributed by atoms with Crippen LogP contribution in [-0.2, 0) is 17.1 Å². The van der Waals surface area contributed by atoms with Gasteiger partial charge in [0, 0.05) is 6.07 Å². The molecule has 0 saturated heterocycles. The molecule has 0 spiro atoms. The van der Waals surface area contributed by atoms with E-state index in [1.807, 2.05) is 10.3 Å².